The summed E-state index contributed by atoms with van der Waals surface area (Å²) in [5.74, 6) is -0.719. The first-order chi connectivity index (χ1) is 14.2. The number of pyridine rings is 1. The van der Waals surface area contributed by atoms with Gasteiger partial charge in [-0.3, -0.25) is 9.59 Å². The molecule has 0 bridgehead atoms. The quantitative estimate of drug-likeness (QED) is 0.472. The van der Waals surface area contributed by atoms with E-state index in [1.54, 1.807) is 0 Å². The molecule has 30 heavy (non-hydrogen) atoms. The van der Waals surface area contributed by atoms with Gasteiger partial charge in [0, 0.05) is 12.8 Å². The highest BCUT2D eigenvalue weighted by Gasteiger charge is 2.36. The number of hydrogen-bond acceptors (Lipinski definition) is 7. The molecule has 0 spiro atoms. The molecule has 0 aliphatic carbocycles. The average molecular weight is 448 g/mol. The van der Waals surface area contributed by atoms with E-state index in [9.17, 15) is 22.8 Å². The van der Waals surface area contributed by atoms with Crippen LogP contribution in [0.3, 0.4) is 0 Å². The molecule has 0 aliphatic heterocycles. The molecule has 0 unspecified atom stereocenters. The zero-order valence-corrected chi connectivity index (χ0v) is 16.6. The van der Waals surface area contributed by atoms with Gasteiger partial charge in [-0.2, -0.15) is 23.0 Å². The van der Waals surface area contributed by atoms with Crippen molar-refractivity contribution in [2.45, 2.75) is 19.5 Å². The van der Waals surface area contributed by atoms with Gasteiger partial charge in [0.2, 0.25) is 0 Å². The number of nitrogens with one attached hydrogen (secondary N) is 1. The minimum absolute atomic E-state index is 0.0286. The minimum Gasteiger partial charge on any atom is -0.469 e. The van der Waals surface area contributed by atoms with Crippen molar-refractivity contribution in [3.63, 3.8) is 0 Å². The van der Waals surface area contributed by atoms with Crippen LogP contribution in [0.15, 0.2) is 29.6 Å². The summed E-state index contributed by atoms with van der Waals surface area (Å²) in [6.45, 7) is 3.00. The molecule has 9 nitrogen and oxygen atoms in total. The van der Waals surface area contributed by atoms with Gasteiger partial charge in [0.1, 0.15) is 10.9 Å². The van der Waals surface area contributed by atoms with E-state index in [2.05, 4.69) is 24.8 Å². The maximum absolute atomic E-state index is 13.1. The molecule has 13 heteroatoms. The van der Waals surface area contributed by atoms with Gasteiger partial charge in [0.15, 0.2) is 11.5 Å². The second-order valence-electron chi connectivity index (χ2n) is 5.57. The van der Waals surface area contributed by atoms with Gasteiger partial charge >= 0.3 is 12.1 Å². The number of ether oxygens (including phenoxy) is 2. The molecule has 0 saturated heterocycles. The van der Waals surface area contributed by atoms with Crippen molar-refractivity contribution >= 4 is 28.6 Å². The molecule has 0 fully saturated rings. The molecule has 162 valence electrons. The normalized spacial score (nSPS) is 11.1. The number of carbonyl (C=O) groups excluding carboxylic acids is 1. The number of aromatic amines is 1. The molecule has 0 amide bonds. The Balaban J connectivity index is 0.000000303. The second-order valence-corrected chi connectivity index (χ2v) is 6.01. The molecule has 3 rings (SSSR count). The highest BCUT2D eigenvalue weighted by molar-refractivity contribution is 6.30. The fraction of sp³-hybridized carbons (Fsp3) is 0.353. The number of hydrogen-bond donors (Lipinski definition) is 1. The lowest BCUT2D eigenvalue weighted by Crippen LogP contribution is -2.14. The van der Waals surface area contributed by atoms with E-state index >= 15 is 0 Å². The predicted molar refractivity (Wildman–Crippen MR) is 100 cm³/mol. The maximum Gasteiger partial charge on any atom is 0.420 e. The monoisotopic (exact) mass is 447 g/mol. The molecule has 0 radical (unpaired) electrons. The number of fused-ring (bicyclic) bond motifs is 1. The van der Waals surface area contributed by atoms with Crippen molar-refractivity contribution in [1.29, 1.82) is 0 Å². The lowest BCUT2D eigenvalue weighted by Gasteiger charge is -2.12. The number of rotatable bonds is 5. The third kappa shape index (κ3) is 5.76. The van der Waals surface area contributed by atoms with Gasteiger partial charge in [-0.1, -0.05) is 11.6 Å². The van der Waals surface area contributed by atoms with E-state index < -0.39 is 23.1 Å². The molecule has 3 aromatic heterocycles. The Bertz CT molecular complexity index is 1070. The molecule has 3 heterocycles. The van der Waals surface area contributed by atoms with Crippen LogP contribution >= 0.6 is 11.6 Å². The van der Waals surface area contributed by atoms with Crippen LogP contribution < -0.4 is 5.56 Å². The van der Waals surface area contributed by atoms with E-state index in [1.807, 2.05) is 6.92 Å². The van der Waals surface area contributed by atoms with Gasteiger partial charge in [-0.25, -0.2) is 9.97 Å². The predicted octanol–water partition coefficient (Wildman–Crippen LogP) is 2.76. The third-order valence-corrected chi connectivity index (χ3v) is 3.80. The number of aromatic nitrogens is 5. The summed E-state index contributed by atoms with van der Waals surface area (Å²) >= 11 is 5.56. The third-order valence-electron chi connectivity index (χ3n) is 3.59. The van der Waals surface area contributed by atoms with Crippen LogP contribution in [0.5, 0.6) is 0 Å². The molecule has 0 saturated carbocycles. The summed E-state index contributed by atoms with van der Waals surface area (Å²) in [5.41, 5.74) is -1.60. The van der Waals surface area contributed by atoms with Crippen molar-refractivity contribution in [3.05, 3.63) is 45.7 Å². The molecular weight excluding hydrogens is 431 g/mol. The van der Waals surface area contributed by atoms with Crippen molar-refractivity contribution in [2.24, 2.45) is 0 Å². The van der Waals surface area contributed by atoms with Crippen LogP contribution in [0.4, 0.5) is 13.2 Å². The van der Waals surface area contributed by atoms with Gasteiger partial charge in [0.25, 0.3) is 5.56 Å². The summed E-state index contributed by atoms with van der Waals surface area (Å²) in [6, 6.07) is 0.741. The SMILES string of the molecule is CCOCCC(=O)OC.O=c1[nH]cnc2c1cnn2-c1ncc(Cl)cc1C(F)(F)F. The fourth-order valence-electron chi connectivity index (χ4n) is 2.22. The molecule has 0 atom stereocenters. The summed E-state index contributed by atoms with van der Waals surface area (Å²) in [4.78, 5) is 31.7. The van der Waals surface area contributed by atoms with Gasteiger partial charge < -0.3 is 14.5 Å². The second kappa shape index (κ2) is 10.2. The molecule has 1 N–H and O–H groups in total. The van der Waals surface area contributed by atoms with E-state index in [4.69, 9.17) is 16.3 Å². The first kappa shape index (κ1) is 23.3. The molecule has 3 aromatic rings. The van der Waals surface area contributed by atoms with E-state index in [0.29, 0.717) is 19.6 Å². The topological polar surface area (TPSA) is 112 Å². The van der Waals surface area contributed by atoms with Crippen LogP contribution in [-0.4, -0.2) is 51.0 Å². The highest BCUT2D eigenvalue weighted by atomic mass is 35.5. The number of halogens is 4. The van der Waals surface area contributed by atoms with E-state index in [1.165, 1.54) is 7.11 Å². The van der Waals surface area contributed by atoms with Crippen LogP contribution in [-0.2, 0) is 20.4 Å². The lowest BCUT2D eigenvalue weighted by molar-refractivity contribution is -0.141. The fourth-order valence-corrected chi connectivity index (χ4v) is 2.38. The minimum atomic E-state index is -4.67. The Hall–Kier alpha value is -2.99. The number of H-pyrrole nitrogens is 1. The number of carbonyl (C=O) groups is 1. The van der Waals surface area contributed by atoms with Crippen molar-refractivity contribution < 1.29 is 27.4 Å². The number of methoxy groups -OCH3 is 1. The van der Waals surface area contributed by atoms with Gasteiger partial charge in [0.05, 0.1) is 37.7 Å². The zero-order chi connectivity index (χ0) is 22.3. The zero-order valence-electron chi connectivity index (χ0n) is 15.9. The molecule has 0 aromatic carbocycles. The Labute approximate surface area is 172 Å². The Morgan fingerprint density at radius 1 is 1.30 bits per heavy atom. The number of nitrogens with zero attached hydrogens (tertiary/aromatic N) is 4. The van der Waals surface area contributed by atoms with Crippen molar-refractivity contribution in [2.75, 3.05) is 20.3 Å². The summed E-state index contributed by atoms with van der Waals surface area (Å²) in [5, 5.41) is 3.66. The average Bonchev–Trinajstić information content (AvgIpc) is 3.13. The van der Waals surface area contributed by atoms with Crippen molar-refractivity contribution in [3.8, 4) is 5.82 Å². The first-order valence-electron chi connectivity index (χ1n) is 8.48. The molecular formula is C17H17ClF3N5O4. The Kier molecular flexibility index (Phi) is 7.89. The van der Waals surface area contributed by atoms with Crippen LogP contribution in [0.1, 0.15) is 18.9 Å². The standard InChI is InChI=1S/C11H5ClF3N5O.C6H12O3/c12-5-1-7(11(13,14)15)9(16-2-5)20-8-6(3-19-20)10(21)18-4-17-8;1-3-9-5-4-6(7)8-2/h1-4H,(H,17,18,21);3-5H2,1-2H3. The van der Waals surface area contributed by atoms with Crippen molar-refractivity contribution in [1.82, 2.24) is 24.7 Å². The maximum atomic E-state index is 13.1. The van der Waals surface area contributed by atoms with Gasteiger partial charge in [-0.15, -0.1) is 0 Å². The van der Waals surface area contributed by atoms with Gasteiger partial charge in [-0.05, 0) is 13.0 Å². The smallest absolute Gasteiger partial charge is 0.420 e. The largest absolute Gasteiger partial charge is 0.469 e. The van der Waals surface area contributed by atoms with E-state index in [0.717, 1.165) is 29.5 Å². The van der Waals surface area contributed by atoms with Crippen LogP contribution in [0, 0.1) is 0 Å². The summed E-state index contributed by atoms with van der Waals surface area (Å²) < 4.78 is 49.3. The first-order valence-corrected chi connectivity index (χ1v) is 8.85. The summed E-state index contributed by atoms with van der Waals surface area (Å²) in [7, 11) is 1.37. The highest BCUT2D eigenvalue weighted by Crippen LogP contribution is 2.34. The number of alkyl halides is 3. The lowest BCUT2D eigenvalue weighted by atomic mass is 10.2. The van der Waals surface area contributed by atoms with E-state index in [-0.39, 0.29) is 22.0 Å². The Morgan fingerprint density at radius 2 is 2.03 bits per heavy atom. The number of esters is 1. The summed E-state index contributed by atoms with van der Waals surface area (Å²) in [6.07, 6.45) is -1.06. The van der Waals surface area contributed by atoms with Crippen LogP contribution in [0.2, 0.25) is 5.02 Å². The molecule has 0 aliphatic rings. The van der Waals surface area contributed by atoms with Crippen LogP contribution in [0.25, 0.3) is 16.9 Å². The Morgan fingerprint density at radius 3 is 2.67 bits per heavy atom.